The normalized spacial score (nSPS) is 12.1. The van der Waals surface area contributed by atoms with Crippen molar-refractivity contribution in [3.63, 3.8) is 0 Å². The van der Waals surface area contributed by atoms with Crippen LogP contribution in [0.1, 0.15) is 19.8 Å². The molecule has 0 unspecified atom stereocenters. The van der Waals surface area contributed by atoms with Crippen molar-refractivity contribution in [3.8, 4) is 11.5 Å². The monoisotopic (exact) mass is 279 g/mol. The molecule has 20 heavy (non-hydrogen) atoms. The molecule has 7 heteroatoms. The van der Waals surface area contributed by atoms with Gasteiger partial charge in [0, 0.05) is 18.6 Å². The van der Waals surface area contributed by atoms with Crippen LogP contribution in [0.5, 0.6) is 11.5 Å². The molecular weight excluding hydrogens is 262 g/mol. The van der Waals surface area contributed by atoms with E-state index in [0.717, 1.165) is 6.42 Å². The van der Waals surface area contributed by atoms with Crippen LogP contribution in [0.4, 0.5) is 11.4 Å². The lowest BCUT2D eigenvalue weighted by Gasteiger charge is -2.10. The lowest BCUT2D eigenvalue weighted by atomic mass is 10.2. The highest BCUT2D eigenvalue weighted by molar-refractivity contribution is 5.97. The summed E-state index contributed by atoms with van der Waals surface area (Å²) in [4.78, 5) is 23.0. The molecule has 0 radical (unpaired) electrons. The third-order valence-electron chi connectivity index (χ3n) is 2.74. The van der Waals surface area contributed by atoms with E-state index in [9.17, 15) is 9.59 Å². The Balaban J connectivity index is 1.93. The van der Waals surface area contributed by atoms with Gasteiger partial charge in [0.25, 0.3) is 0 Å². The van der Waals surface area contributed by atoms with Crippen LogP contribution in [-0.4, -0.2) is 25.2 Å². The molecule has 1 aliphatic heterocycles. The first kappa shape index (κ1) is 14.0. The van der Waals surface area contributed by atoms with Crippen molar-refractivity contribution < 1.29 is 19.1 Å². The summed E-state index contributed by atoms with van der Waals surface area (Å²) in [5.74, 6) is 0.586. The number of nitrogens with two attached hydrogens (primary N) is 1. The molecular formula is C13H17N3O4. The molecule has 0 atom stereocenters. The number of hydrogen-bond acceptors (Lipinski definition) is 5. The molecule has 1 aliphatic rings. The molecule has 0 bridgehead atoms. The van der Waals surface area contributed by atoms with Crippen LogP contribution in [0, 0.1) is 0 Å². The van der Waals surface area contributed by atoms with Gasteiger partial charge in [0.15, 0.2) is 11.5 Å². The summed E-state index contributed by atoms with van der Waals surface area (Å²) < 4.78 is 10.4. The zero-order valence-electron chi connectivity index (χ0n) is 11.2. The maximum absolute atomic E-state index is 11.7. The topological polar surface area (TPSA) is 103 Å². The molecule has 0 aliphatic carbocycles. The quantitative estimate of drug-likeness (QED) is 0.693. The second kappa shape index (κ2) is 6.14. The second-order valence-electron chi connectivity index (χ2n) is 4.37. The molecule has 108 valence electrons. The van der Waals surface area contributed by atoms with Crippen LogP contribution >= 0.6 is 0 Å². The molecule has 1 aromatic rings. The number of nitrogens with one attached hydrogen (secondary N) is 2. The third kappa shape index (κ3) is 3.31. The first-order valence-corrected chi connectivity index (χ1v) is 6.35. The average Bonchev–Trinajstić information content (AvgIpc) is 2.84. The van der Waals surface area contributed by atoms with Gasteiger partial charge in [-0.3, -0.25) is 9.59 Å². The largest absolute Gasteiger partial charge is 0.454 e. The van der Waals surface area contributed by atoms with Gasteiger partial charge in [-0.25, -0.2) is 0 Å². The van der Waals surface area contributed by atoms with Crippen LogP contribution in [0.25, 0.3) is 0 Å². The molecule has 2 rings (SSSR count). The van der Waals surface area contributed by atoms with Gasteiger partial charge < -0.3 is 25.8 Å². The van der Waals surface area contributed by atoms with E-state index in [-0.39, 0.29) is 25.2 Å². The summed E-state index contributed by atoms with van der Waals surface area (Å²) in [6.45, 7) is 1.94. The van der Waals surface area contributed by atoms with Gasteiger partial charge in [0.1, 0.15) is 0 Å². The fourth-order valence-corrected chi connectivity index (χ4v) is 1.75. The molecule has 2 amide bonds. The molecule has 1 aromatic carbocycles. The number of anilines is 2. The molecule has 0 fully saturated rings. The van der Waals surface area contributed by atoms with Crippen molar-refractivity contribution in [1.82, 2.24) is 5.32 Å². The Morgan fingerprint density at radius 2 is 1.95 bits per heavy atom. The SMILES string of the molecule is CCCC(=O)NCC(=O)Nc1cc2c(cc1N)OCO2. The Morgan fingerprint density at radius 3 is 2.65 bits per heavy atom. The fraction of sp³-hybridized carbons (Fsp3) is 0.385. The molecule has 7 nitrogen and oxygen atoms in total. The van der Waals surface area contributed by atoms with Crippen molar-refractivity contribution in [3.05, 3.63) is 12.1 Å². The molecule has 0 saturated heterocycles. The minimum Gasteiger partial charge on any atom is -0.454 e. The summed E-state index contributed by atoms with van der Waals surface area (Å²) in [5.41, 5.74) is 6.62. The number of hydrogen-bond donors (Lipinski definition) is 3. The van der Waals surface area contributed by atoms with Crippen molar-refractivity contribution in [1.29, 1.82) is 0 Å². The minimum atomic E-state index is -0.347. The second-order valence-corrected chi connectivity index (χ2v) is 4.37. The maximum atomic E-state index is 11.7. The number of nitrogen functional groups attached to an aromatic ring is 1. The number of ether oxygens (including phenoxy) is 2. The molecule has 0 aromatic heterocycles. The molecule has 0 spiro atoms. The minimum absolute atomic E-state index is 0.0906. The number of fused-ring (bicyclic) bond motifs is 1. The first-order chi connectivity index (χ1) is 9.60. The van der Waals surface area contributed by atoms with E-state index in [1.807, 2.05) is 6.92 Å². The zero-order chi connectivity index (χ0) is 14.5. The van der Waals surface area contributed by atoms with Gasteiger partial charge in [-0.2, -0.15) is 0 Å². The number of carbonyl (C=O) groups excluding carboxylic acids is 2. The third-order valence-corrected chi connectivity index (χ3v) is 2.74. The smallest absolute Gasteiger partial charge is 0.243 e. The van der Waals surface area contributed by atoms with Crippen molar-refractivity contribution in [2.24, 2.45) is 0 Å². The predicted molar refractivity (Wildman–Crippen MR) is 73.5 cm³/mol. The van der Waals surface area contributed by atoms with Gasteiger partial charge in [-0.05, 0) is 6.42 Å². The van der Waals surface area contributed by atoms with Gasteiger partial charge >= 0.3 is 0 Å². The van der Waals surface area contributed by atoms with Gasteiger partial charge in [-0.15, -0.1) is 0 Å². The van der Waals surface area contributed by atoms with Gasteiger partial charge in [0.05, 0.1) is 17.9 Å². The van der Waals surface area contributed by atoms with Gasteiger partial charge in [0.2, 0.25) is 18.6 Å². The summed E-state index contributed by atoms with van der Waals surface area (Å²) in [6.07, 6.45) is 1.14. The van der Waals surface area contributed by atoms with E-state index in [2.05, 4.69) is 10.6 Å². The number of rotatable bonds is 5. The first-order valence-electron chi connectivity index (χ1n) is 6.35. The summed E-state index contributed by atoms with van der Waals surface area (Å²) in [6, 6.07) is 3.19. The highest BCUT2D eigenvalue weighted by Crippen LogP contribution is 2.38. The Labute approximate surface area is 116 Å². The Morgan fingerprint density at radius 1 is 1.25 bits per heavy atom. The van der Waals surface area contributed by atoms with E-state index >= 15 is 0 Å². The van der Waals surface area contributed by atoms with Crippen molar-refractivity contribution in [2.75, 3.05) is 24.4 Å². The molecule has 0 saturated carbocycles. The number of carbonyl (C=O) groups is 2. The van der Waals surface area contributed by atoms with Gasteiger partial charge in [-0.1, -0.05) is 6.92 Å². The van der Waals surface area contributed by atoms with Crippen molar-refractivity contribution >= 4 is 23.2 Å². The Kier molecular flexibility index (Phi) is 4.29. The lowest BCUT2D eigenvalue weighted by molar-refractivity contribution is -0.124. The van der Waals surface area contributed by atoms with Crippen LogP contribution in [0.2, 0.25) is 0 Å². The maximum Gasteiger partial charge on any atom is 0.243 e. The van der Waals surface area contributed by atoms with E-state index in [1.54, 1.807) is 12.1 Å². The zero-order valence-corrected chi connectivity index (χ0v) is 11.2. The number of benzene rings is 1. The van der Waals surface area contributed by atoms with Crippen molar-refractivity contribution in [2.45, 2.75) is 19.8 Å². The molecule has 4 N–H and O–H groups in total. The van der Waals surface area contributed by atoms with E-state index in [4.69, 9.17) is 15.2 Å². The average molecular weight is 279 g/mol. The van der Waals surface area contributed by atoms with Crippen LogP contribution in [-0.2, 0) is 9.59 Å². The van der Waals surface area contributed by atoms with E-state index < -0.39 is 0 Å². The highest BCUT2D eigenvalue weighted by atomic mass is 16.7. The number of amides is 2. The standard InChI is InChI=1S/C13H17N3O4/c1-2-3-12(17)15-6-13(18)16-9-5-11-10(4-8(9)14)19-7-20-11/h4-5H,2-3,6-7,14H2,1H3,(H,15,17)(H,16,18). The Bertz CT molecular complexity index is 531. The summed E-state index contributed by atoms with van der Waals surface area (Å²) in [5, 5.41) is 5.15. The highest BCUT2D eigenvalue weighted by Gasteiger charge is 2.17. The Hall–Kier alpha value is -2.44. The van der Waals surface area contributed by atoms with E-state index in [1.165, 1.54) is 0 Å². The van der Waals surface area contributed by atoms with Crippen LogP contribution in [0.15, 0.2) is 12.1 Å². The summed E-state index contributed by atoms with van der Waals surface area (Å²) >= 11 is 0. The van der Waals surface area contributed by atoms with Crippen LogP contribution < -0.4 is 25.8 Å². The fourth-order valence-electron chi connectivity index (χ4n) is 1.75. The van der Waals surface area contributed by atoms with Crippen LogP contribution in [0.3, 0.4) is 0 Å². The molecule has 1 heterocycles. The lowest BCUT2D eigenvalue weighted by Crippen LogP contribution is -2.32. The summed E-state index contributed by atoms with van der Waals surface area (Å²) in [7, 11) is 0. The van der Waals surface area contributed by atoms with E-state index in [0.29, 0.717) is 29.3 Å². The predicted octanol–water partition coefficient (Wildman–Crippen LogP) is 0.852.